The summed E-state index contributed by atoms with van der Waals surface area (Å²) in [7, 11) is 0. The van der Waals surface area contributed by atoms with Gasteiger partial charge in [0, 0.05) is 5.69 Å². The quantitative estimate of drug-likeness (QED) is 0.145. The van der Waals surface area contributed by atoms with Gasteiger partial charge in [0.05, 0.1) is 24.7 Å². The lowest BCUT2D eigenvalue weighted by atomic mass is 9.78. The molecule has 5 N–H and O–H groups in total. The Bertz CT molecular complexity index is 1570. The minimum absolute atomic E-state index is 0.0187. The molecule has 1 heterocycles. The Balaban J connectivity index is 1.42. The number of hydrogen-bond donors (Lipinski definition) is 5. The molecule has 1 aliphatic heterocycles. The molecule has 48 heavy (non-hydrogen) atoms. The maximum atomic E-state index is 13.6. The third kappa shape index (κ3) is 9.14. The molecule has 1 fully saturated rings. The highest BCUT2D eigenvalue weighted by atomic mass is 19.1. The van der Waals surface area contributed by atoms with Crippen LogP contribution in [0.1, 0.15) is 56.4 Å². The molecule has 1 aliphatic rings. The first-order chi connectivity index (χ1) is 22.9. The summed E-state index contributed by atoms with van der Waals surface area (Å²) in [5.74, 6) is -4.03. The molecule has 13 heteroatoms. The second-order valence-electron chi connectivity index (χ2n) is 12.1. The molecule has 0 aliphatic carbocycles. The summed E-state index contributed by atoms with van der Waals surface area (Å²) in [6.45, 7) is 2.40. The average molecular weight is 668 g/mol. The molecule has 4 rings (SSSR count). The summed E-state index contributed by atoms with van der Waals surface area (Å²) >= 11 is 0. The molecule has 1 saturated heterocycles. The molecular weight excluding hydrogens is 628 g/mol. The van der Waals surface area contributed by atoms with Crippen LogP contribution in [0.2, 0.25) is 0 Å². The van der Waals surface area contributed by atoms with Crippen LogP contribution in [-0.2, 0) is 19.2 Å². The van der Waals surface area contributed by atoms with E-state index in [0.717, 1.165) is 5.56 Å². The van der Waals surface area contributed by atoms with E-state index in [4.69, 9.17) is 9.84 Å². The Labute approximate surface area is 276 Å². The molecule has 256 valence electrons. The zero-order chi connectivity index (χ0) is 35.0. The fourth-order valence-corrected chi connectivity index (χ4v) is 5.60. The summed E-state index contributed by atoms with van der Waals surface area (Å²) in [5.41, 5.74) is 1.78. The van der Waals surface area contributed by atoms with Gasteiger partial charge in [-0.3, -0.25) is 14.4 Å². The maximum Gasteiger partial charge on any atom is 0.328 e. The van der Waals surface area contributed by atoms with Gasteiger partial charge in [-0.2, -0.15) is 0 Å². The molecule has 0 saturated carbocycles. The van der Waals surface area contributed by atoms with Crippen LogP contribution in [0.15, 0.2) is 72.8 Å². The number of β-lactam (4-membered cyclic amide) rings is 1. The standard InChI is InChI=1S/C35H39F2N3O8/c1-20(2)17-28(33(44)39-29(18-41)35(46)47)38-31(43)19-48-26-13-5-22(6-14-26)32-27(15-16-30(42)21-3-7-23(36)8-4-21)34(45)40(32)25-11-9-24(37)10-12-25/h3-14,20,27-30,32,41-42H,15-19H2,1-2H3,(H,38,43)(H,39,44)(H,46,47)/t27?,28-,29+,30?,32?/m1/s1. The number of anilines is 1. The first kappa shape index (κ1) is 36.0. The summed E-state index contributed by atoms with van der Waals surface area (Å²) in [4.78, 5) is 51.4. The number of aliphatic hydroxyl groups excluding tert-OH is 2. The van der Waals surface area contributed by atoms with Crippen LogP contribution in [0.25, 0.3) is 0 Å². The van der Waals surface area contributed by atoms with Crippen LogP contribution in [0.4, 0.5) is 14.5 Å². The molecule has 11 nitrogen and oxygen atoms in total. The number of nitrogens with one attached hydrogen (secondary N) is 2. The number of benzene rings is 3. The molecule has 0 bridgehead atoms. The Hall–Kier alpha value is -4.88. The molecule has 0 spiro atoms. The second kappa shape index (κ2) is 16.3. The van der Waals surface area contributed by atoms with Gasteiger partial charge in [-0.05, 0) is 84.8 Å². The van der Waals surface area contributed by atoms with Gasteiger partial charge in [-0.1, -0.05) is 38.1 Å². The highest BCUT2D eigenvalue weighted by Crippen LogP contribution is 2.46. The number of aliphatic carboxylic acids is 1. The third-order valence-corrected chi connectivity index (χ3v) is 8.07. The molecule has 5 atom stereocenters. The van der Waals surface area contributed by atoms with Gasteiger partial charge in [0.25, 0.3) is 5.91 Å². The number of carboxylic acids is 1. The lowest BCUT2D eigenvalue weighted by Gasteiger charge is -2.48. The number of rotatable bonds is 16. The van der Waals surface area contributed by atoms with E-state index in [0.29, 0.717) is 23.4 Å². The van der Waals surface area contributed by atoms with Crippen molar-refractivity contribution in [3.05, 3.63) is 95.6 Å². The number of carboxylic acid groups (broad SMARTS) is 1. The van der Waals surface area contributed by atoms with Crippen LogP contribution < -0.4 is 20.3 Å². The predicted molar refractivity (Wildman–Crippen MR) is 171 cm³/mol. The molecule has 0 aromatic heterocycles. The van der Waals surface area contributed by atoms with E-state index in [1.807, 2.05) is 13.8 Å². The van der Waals surface area contributed by atoms with Crippen molar-refractivity contribution in [2.24, 2.45) is 11.8 Å². The van der Waals surface area contributed by atoms with Gasteiger partial charge < -0.3 is 35.6 Å². The highest BCUT2D eigenvalue weighted by molar-refractivity contribution is 6.03. The number of carbonyl (C=O) groups excluding carboxylic acids is 3. The van der Waals surface area contributed by atoms with E-state index < -0.39 is 72.8 Å². The third-order valence-electron chi connectivity index (χ3n) is 8.07. The fraction of sp³-hybridized carbons (Fsp3) is 0.371. The van der Waals surface area contributed by atoms with Gasteiger partial charge in [0.15, 0.2) is 6.61 Å². The Morgan fingerprint density at radius 2 is 1.50 bits per heavy atom. The van der Waals surface area contributed by atoms with Crippen molar-refractivity contribution in [2.45, 2.75) is 57.3 Å². The van der Waals surface area contributed by atoms with Crippen LogP contribution in [0, 0.1) is 23.5 Å². The van der Waals surface area contributed by atoms with Crippen molar-refractivity contribution in [2.75, 3.05) is 18.1 Å². The Morgan fingerprint density at radius 1 is 0.896 bits per heavy atom. The van der Waals surface area contributed by atoms with Crippen LogP contribution in [-0.4, -0.2) is 64.3 Å². The van der Waals surface area contributed by atoms with E-state index in [9.17, 15) is 38.2 Å². The highest BCUT2D eigenvalue weighted by Gasteiger charge is 2.48. The van der Waals surface area contributed by atoms with E-state index in [2.05, 4.69) is 10.6 Å². The van der Waals surface area contributed by atoms with Crippen LogP contribution in [0.3, 0.4) is 0 Å². The summed E-state index contributed by atoms with van der Waals surface area (Å²) in [6, 6.07) is 14.8. The van der Waals surface area contributed by atoms with Crippen molar-refractivity contribution in [1.82, 2.24) is 10.6 Å². The molecule has 3 aromatic carbocycles. The van der Waals surface area contributed by atoms with Gasteiger partial charge in [0.2, 0.25) is 11.8 Å². The van der Waals surface area contributed by atoms with E-state index in [-0.39, 0.29) is 24.7 Å². The second-order valence-corrected chi connectivity index (χ2v) is 12.1. The summed E-state index contributed by atoms with van der Waals surface area (Å²) < 4.78 is 32.6. The van der Waals surface area contributed by atoms with Crippen molar-refractivity contribution in [3.63, 3.8) is 0 Å². The first-order valence-corrected chi connectivity index (χ1v) is 15.6. The minimum atomic E-state index is -1.51. The first-order valence-electron chi connectivity index (χ1n) is 15.6. The lowest BCUT2D eigenvalue weighted by molar-refractivity contribution is -0.143. The largest absolute Gasteiger partial charge is 0.484 e. The van der Waals surface area contributed by atoms with Gasteiger partial charge in [-0.15, -0.1) is 0 Å². The normalized spacial score (nSPS) is 17.6. The predicted octanol–water partition coefficient (Wildman–Crippen LogP) is 3.65. The molecule has 3 amide bonds. The fourth-order valence-electron chi connectivity index (χ4n) is 5.60. The zero-order valence-electron chi connectivity index (χ0n) is 26.5. The number of ether oxygens (including phenoxy) is 1. The molecule has 3 aromatic rings. The van der Waals surface area contributed by atoms with Crippen molar-refractivity contribution in [1.29, 1.82) is 0 Å². The zero-order valence-corrected chi connectivity index (χ0v) is 26.5. The molecule has 3 unspecified atom stereocenters. The van der Waals surface area contributed by atoms with Crippen LogP contribution >= 0.6 is 0 Å². The van der Waals surface area contributed by atoms with E-state index in [1.54, 1.807) is 29.2 Å². The number of aliphatic hydroxyl groups is 2. The molecule has 0 radical (unpaired) electrons. The number of hydrogen-bond acceptors (Lipinski definition) is 7. The smallest absolute Gasteiger partial charge is 0.328 e. The van der Waals surface area contributed by atoms with Crippen molar-refractivity contribution in [3.8, 4) is 5.75 Å². The van der Waals surface area contributed by atoms with Gasteiger partial charge in [0.1, 0.15) is 29.5 Å². The van der Waals surface area contributed by atoms with E-state index >= 15 is 0 Å². The Kier molecular flexibility index (Phi) is 12.2. The van der Waals surface area contributed by atoms with Crippen molar-refractivity contribution < 1.29 is 48.0 Å². The number of amides is 3. The topological polar surface area (TPSA) is 165 Å². The van der Waals surface area contributed by atoms with Gasteiger partial charge in [-0.25, -0.2) is 13.6 Å². The van der Waals surface area contributed by atoms with E-state index in [1.165, 1.54) is 48.5 Å². The van der Waals surface area contributed by atoms with Gasteiger partial charge >= 0.3 is 5.97 Å². The number of nitrogens with zero attached hydrogens (tertiary/aromatic N) is 1. The SMILES string of the molecule is CC(C)C[C@@H](NC(=O)COc1ccc(C2C(CCC(O)c3ccc(F)cc3)C(=O)N2c2ccc(F)cc2)cc1)C(=O)N[C@@H](CO)C(=O)O. The van der Waals surface area contributed by atoms with Crippen molar-refractivity contribution >= 4 is 29.4 Å². The monoisotopic (exact) mass is 667 g/mol. The average Bonchev–Trinajstić information content (AvgIpc) is 3.05. The lowest BCUT2D eigenvalue weighted by Crippen LogP contribution is -2.55. The number of carbonyl (C=O) groups is 4. The maximum absolute atomic E-state index is 13.6. The Morgan fingerprint density at radius 3 is 2.06 bits per heavy atom. The molecular formula is C35H39F2N3O8. The van der Waals surface area contributed by atoms with Crippen LogP contribution in [0.5, 0.6) is 5.75 Å². The summed E-state index contributed by atoms with van der Waals surface area (Å²) in [6.07, 6.45) is -0.106. The number of halogens is 2. The summed E-state index contributed by atoms with van der Waals surface area (Å²) in [5, 5.41) is 33.8. The minimum Gasteiger partial charge on any atom is -0.484 e.